The van der Waals surface area contributed by atoms with Crippen molar-refractivity contribution in [3.8, 4) is 0 Å². The lowest BCUT2D eigenvalue weighted by molar-refractivity contribution is -0.384. The Hall–Kier alpha value is -2.69. The monoisotopic (exact) mass is 412 g/mol. The van der Waals surface area contributed by atoms with Crippen molar-refractivity contribution < 1.29 is 18.1 Å². The average molecular weight is 413 g/mol. The number of nitro groups is 1. The van der Waals surface area contributed by atoms with Crippen LogP contribution in [0.5, 0.6) is 0 Å². The van der Waals surface area contributed by atoms with Crippen LogP contribution in [0.25, 0.3) is 0 Å². The maximum Gasteiger partial charge on any atom is 0.293 e. The molecule has 9 nitrogen and oxygen atoms in total. The highest BCUT2D eigenvalue weighted by Gasteiger charge is 2.20. The summed E-state index contributed by atoms with van der Waals surface area (Å²) in [6, 6.07) is 8.38. The topological polar surface area (TPSA) is 130 Å². The minimum absolute atomic E-state index is 0.0205. The summed E-state index contributed by atoms with van der Waals surface area (Å²) in [5, 5.41) is 17.0. The molecular weight excluding hydrogens is 396 g/mol. The van der Waals surface area contributed by atoms with Gasteiger partial charge in [0.2, 0.25) is 15.9 Å². The van der Waals surface area contributed by atoms with Gasteiger partial charge in [0.15, 0.2) is 0 Å². The van der Waals surface area contributed by atoms with Crippen molar-refractivity contribution in [2.45, 2.75) is 11.8 Å². The quantitative estimate of drug-likeness (QED) is 0.473. The molecule has 0 aromatic heterocycles. The minimum atomic E-state index is -3.82. The van der Waals surface area contributed by atoms with E-state index >= 15 is 0 Å². The molecule has 1 amide bonds. The number of halogens is 1. The number of nitrogens with zero attached hydrogens (tertiary/aromatic N) is 1. The lowest BCUT2D eigenvalue weighted by Crippen LogP contribution is -2.22. The molecule has 0 aliphatic carbocycles. The lowest BCUT2D eigenvalue weighted by Gasteiger charge is -2.10. The summed E-state index contributed by atoms with van der Waals surface area (Å²) in [6.45, 7) is 1.57. The Kier molecular flexibility index (Phi) is 6.37. The molecule has 0 spiro atoms. The molecule has 0 aliphatic rings. The second kappa shape index (κ2) is 8.33. The van der Waals surface area contributed by atoms with Gasteiger partial charge in [-0.2, -0.15) is 0 Å². The third-order valence-electron chi connectivity index (χ3n) is 3.64. The summed E-state index contributed by atoms with van der Waals surface area (Å²) in [4.78, 5) is 22.3. The number of hydrogen-bond acceptors (Lipinski definition) is 6. The van der Waals surface area contributed by atoms with E-state index in [1.165, 1.54) is 19.2 Å². The molecule has 2 aromatic carbocycles. The average Bonchev–Trinajstić information content (AvgIpc) is 2.62. The van der Waals surface area contributed by atoms with Gasteiger partial charge in [-0.1, -0.05) is 17.7 Å². The number of amides is 1. The molecule has 2 aromatic rings. The predicted molar refractivity (Wildman–Crippen MR) is 103 cm³/mol. The van der Waals surface area contributed by atoms with Crippen LogP contribution in [0.15, 0.2) is 41.3 Å². The van der Waals surface area contributed by atoms with E-state index in [0.717, 1.165) is 11.6 Å². The first-order chi connectivity index (χ1) is 12.6. The molecule has 0 unspecified atom stereocenters. The van der Waals surface area contributed by atoms with Crippen LogP contribution in [0.2, 0.25) is 5.02 Å². The van der Waals surface area contributed by atoms with Crippen LogP contribution in [0.1, 0.15) is 5.56 Å². The number of carbonyl (C=O) groups is 1. The number of carbonyl (C=O) groups excluding carboxylic acids is 1. The molecule has 2 rings (SSSR count). The van der Waals surface area contributed by atoms with E-state index in [-0.39, 0.29) is 17.1 Å². The Labute approximate surface area is 160 Å². The van der Waals surface area contributed by atoms with E-state index in [9.17, 15) is 23.3 Å². The highest BCUT2D eigenvalue weighted by Crippen LogP contribution is 2.27. The number of anilines is 2. The van der Waals surface area contributed by atoms with Gasteiger partial charge in [0.1, 0.15) is 5.69 Å². The Balaban J connectivity index is 2.13. The fraction of sp³-hybridized carbons (Fsp3) is 0.188. The molecule has 0 fully saturated rings. The molecule has 0 aliphatic heterocycles. The summed E-state index contributed by atoms with van der Waals surface area (Å²) in [7, 11) is -2.62. The van der Waals surface area contributed by atoms with Crippen LogP contribution in [0, 0.1) is 17.0 Å². The van der Waals surface area contributed by atoms with E-state index < -0.39 is 26.5 Å². The SMILES string of the molecule is CNS(=O)(=O)c1ccc(NCC(=O)Nc2ccc(C)c(Cl)c2)c([N+](=O)[O-])c1. The minimum Gasteiger partial charge on any atom is -0.371 e. The van der Waals surface area contributed by atoms with Crippen molar-refractivity contribution in [2.24, 2.45) is 0 Å². The van der Waals surface area contributed by atoms with Crippen molar-refractivity contribution in [3.05, 3.63) is 57.1 Å². The number of hydrogen-bond donors (Lipinski definition) is 3. The van der Waals surface area contributed by atoms with Crippen molar-refractivity contribution in [2.75, 3.05) is 24.2 Å². The smallest absolute Gasteiger partial charge is 0.293 e. The van der Waals surface area contributed by atoms with Gasteiger partial charge in [-0.15, -0.1) is 0 Å². The molecule has 0 atom stereocenters. The van der Waals surface area contributed by atoms with Crippen molar-refractivity contribution in [1.29, 1.82) is 0 Å². The first-order valence-electron chi connectivity index (χ1n) is 7.66. The van der Waals surface area contributed by atoms with Gasteiger partial charge in [0, 0.05) is 16.8 Å². The Morgan fingerprint density at radius 3 is 2.52 bits per heavy atom. The Bertz CT molecular complexity index is 994. The fourth-order valence-corrected chi connectivity index (χ4v) is 3.08. The largest absolute Gasteiger partial charge is 0.371 e. The van der Waals surface area contributed by atoms with Crippen molar-refractivity contribution in [3.63, 3.8) is 0 Å². The zero-order valence-electron chi connectivity index (χ0n) is 14.4. The molecule has 0 radical (unpaired) electrons. The van der Waals surface area contributed by atoms with Gasteiger partial charge < -0.3 is 10.6 Å². The second-order valence-electron chi connectivity index (χ2n) is 5.51. The molecule has 0 saturated heterocycles. The Morgan fingerprint density at radius 2 is 1.93 bits per heavy atom. The van der Waals surface area contributed by atoms with Crippen molar-refractivity contribution in [1.82, 2.24) is 4.72 Å². The van der Waals surface area contributed by atoms with Crippen LogP contribution in [-0.2, 0) is 14.8 Å². The summed E-state index contributed by atoms with van der Waals surface area (Å²) >= 11 is 5.99. The number of sulfonamides is 1. The maximum absolute atomic E-state index is 12.0. The van der Waals surface area contributed by atoms with Gasteiger partial charge in [0.25, 0.3) is 5.69 Å². The molecule has 27 heavy (non-hydrogen) atoms. The van der Waals surface area contributed by atoms with E-state index in [0.29, 0.717) is 10.7 Å². The molecule has 0 bridgehead atoms. The van der Waals surface area contributed by atoms with Crippen LogP contribution in [0.3, 0.4) is 0 Å². The summed E-state index contributed by atoms with van der Waals surface area (Å²) < 4.78 is 25.6. The third kappa shape index (κ3) is 5.16. The molecule has 11 heteroatoms. The maximum atomic E-state index is 12.0. The fourth-order valence-electron chi connectivity index (χ4n) is 2.15. The second-order valence-corrected chi connectivity index (χ2v) is 7.80. The molecular formula is C16H17ClN4O5S. The first-order valence-corrected chi connectivity index (χ1v) is 9.52. The summed E-state index contributed by atoms with van der Waals surface area (Å²) in [6.07, 6.45) is 0. The number of rotatable bonds is 7. The van der Waals surface area contributed by atoms with E-state index in [2.05, 4.69) is 15.4 Å². The molecule has 144 valence electrons. The van der Waals surface area contributed by atoms with E-state index in [1.54, 1.807) is 18.2 Å². The van der Waals surface area contributed by atoms with Gasteiger partial charge in [-0.25, -0.2) is 13.1 Å². The number of benzene rings is 2. The Morgan fingerprint density at radius 1 is 1.22 bits per heavy atom. The zero-order valence-corrected chi connectivity index (χ0v) is 16.0. The summed E-state index contributed by atoms with van der Waals surface area (Å²) in [5.41, 5.74) is 0.909. The highest BCUT2D eigenvalue weighted by molar-refractivity contribution is 7.89. The number of aryl methyl sites for hydroxylation is 1. The van der Waals surface area contributed by atoms with E-state index in [1.807, 2.05) is 6.92 Å². The summed E-state index contributed by atoms with van der Waals surface area (Å²) in [5.74, 6) is -0.448. The predicted octanol–water partition coefficient (Wildman–Crippen LogP) is 2.52. The van der Waals surface area contributed by atoms with Crippen LogP contribution in [-0.4, -0.2) is 32.8 Å². The van der Waals surface area contributed by atoms with E-state index in [4.69, 9.17) is 11.6 Å². The first kappa shape index (κ1) is 20.6. The standard InChI is InChI=1S/C16H17ClN4O5S/c1-10-3-4-11(7-13(10)17)20-16(22)9-19-14-6-5-12(27(25,26)18-2)8-15(14)21(23)24/h3-8,18-19H,9H2,1-2H3,(H,20,22). The third-order valence-corrected chi connectivity index (χ3v) is 5.46. The molecule has 0 saturated carbocycles. The molecule has 3 N–H and O–H groups in total. The number of nitrogens with one attached hydrogen (secondary N) is 3. The van der Waals surface area contributed by atoms with Gasteiger partial charge >= 0.3 is 0 Å². The normalized spacial score (nSPS) is 11.1. The zero-order chi connectivity index (χ0) is 20.2. The van der Waals surface area contributed by atoms with Crippen LogP contribution < -0.4 is 15.4 Å². The van der Waals surface area contributed by atoms with Crippen LogP contribution in [0.4, 0.5) is 17.1 Å². The molecule has 0 heterocycles. The number of nitro benzene ring substituents is 1. The van der Waals surface area contributed by atoms with Gasteiger partial charge in [0.05, 0.1) is 16.4 Å². The lowest BCUT2D eigenvalue weighted by atomic mass is 10.2. The van der Waals surface area contributed by atoms with Crippen molar-refractivity contribution >= 4 is 44.6 Å². The van der Waals surface area contributed by atoms with Crippen LogP contribution >= 0.6 is 11.6 Å². The van der Waals surface area contributed by atoms with Gasteiger partial charge in [-0.05, 0) is 43.8 Å². The van der Waals surface area contributed by atoms with Gasteiger partial charge in [-0.3, -0.25) is 14.9 Å². The highest BCUT2D eigenvalue weighted by atomic mass is 35.5.